The predicted molar refractivity (Wildman–Crippen MR) is 247 cm³/mol. The number of rotatable bonds is 5. The molecule has 0 bridgehead atoms. The van der Waals surface area contributed by atoms with Crippen molar-refractivity contribution >= 4 is 92.9 Å². The fraction of sp³-hybridized carbons (Fsp3) is 0. The van der Waals surface area contributed by atoms with Crippen LogP contribution in [-0.2, 0) is 0 Å². The Morgan fingerprint density at radius 3 is 1.53 bits per heavy atom. The first-order valence-electron chi connectivity index (χ1n) is 19.9. The molecule has 0 spiro atoms. The molecule has 0 saturated heterocycles. The molecule has 11 aromatic carbocycles. The van der Waals surface area contributed by atoms with E-state index in [0.717, 1.165) is 44.6 Å². The molecule has 0 aliphatic carbocycles. The van der Waals surface area contributed by atoms with Crippen molar-refractivity contribution in [3.05, 3.63) is 212 Å². The summed E-state index contributed by atoms with van der Waals surface area (Å²) in [5.41, 5.74) is 9.70. The highest BCUT2D eigenvalue weighted by atomic mass is 16.3. The average Bonchev–Trinajstić information content (AvgIpc) is 3.66. The van der Waals surface area contributed by atoms with Gasteiger partial charge in [0.2, 0.25) is 0 Å². The monoisotopic (exact) mass is 737 g/mol. The van der Waals surface area contributed by atoms with E-state index in [1.54, 1.807) is 0 Å². The molecule has 270 valence electrons. The van der Waals surface area contributed by atoms with Gasteiger partial charge < -0.3 is 9.32 Å². The van der Waals surface area contributed by atoms with E-state index < -0.39 is 0 Å². The van der Waals surface area contributed by atoms with E-state index in [1.807, 2.05) is 0 Å². The highest BCUT2D eigenvalue weighted by Gasteiger charge is 2.21. The Labute approximate surface area is 335 Å². The molecule has 1 aromatic heterocycles. The summed E-state index contributed by atoms with van der Waals surface area (Å²) in [7, 11) is 0. The second-order valence-electron chi connectivity index (χ2n) is 15.2. The number of benzene rings is 11. The SMILES string of the molecule is c1ccc(-c2ccc(N(c3ccc4oc5c(-c6cccc7ccccc67)c6ccccc6cc5c4c3)c3ccc4c5ccccc5c5ccccc5c4c3)cc2)cc1. The lowest BCUT2D eigenvalue weighted by molar-refractivity contribution is 0.670. The molecular weight excluding hydrogens is 703 g/mol. The molecule has 0 aliphatic rings. The van der Waals surface area contributed by atoms with Gasteiger partial charge in [-0.15, -0.1) is 0 Å². The lowest BCUT2D eigenvalue weighted by Gasteiger charge is -2.26. The fourth-order valence-corrected chi connectivity index (χ4v) is 9.33. The number of nitrogens with zero attached hydrogens (tertiary/aromatic N) is 1. The van der Waals surface area contributed by atoms with Gasteiger partial charge in [-0.05, 0) is 119 Å². The normalized spacial score (nSPS) is 11.8. The summed E-state index contributed by atoms with van der Waals surface area (Å²) in [5.74, 6) is 0. The number of furan rings is 1. The number of hydrogen-bond acceptors (Lipinski definition) is 2. The van der Waals surface area contributed by atoms with Crippen LogP contribution in [0.1, 0.15) is 0 Å². The van der Waals surface area contributed by atoms with Crippen molar-refractivity contribution in [1.29, 1.82) is 0 Å². The third-order valence-corrected chi connectivity index (χ3v) is 12.0. The van der Waals surface area contributed by atoms with Crippen LogP contribution in [0.5, 0.6) is 0 Å². The van der Waals surface area contributed by atoms with Crippen LogP contribution in [0.4, 0.5) is 17.1 Å². The third-order valence-electron chi connectivity index (χ3n) is 12.0. The molecule has 12 aromatic rings. The van der Waals surface area contributed by atoms with Crippen LogP contribution in [-0.4, -0.2) is 0 Å². The zero-order valence-corrected chi connectivity index (χ0v) is 31.6. The molecule has 0 N–H and O–H groups in total. The van der Waals surface area contributed by atoms with Gasteiger partial charge in [-0.2, -0.15) is 0 Å². The number of fused-ring (bicyclic) bond motifs is 11. The summed E-state index contributed by atoms with van der Waals surface area (Å²) in [6.07, 6.45) is 0. The van der Waals surface area contributed by atoms with E-state index >= 15 is 0 Å². The van der Waals surface area contributed by atoms with Gasteiger partial charge >= 0.3 is 0 Å². The van der Waals surface area contributed by atoms with Gasteiger partial charge in [-0.1, -0.05) is 164 Å². The Kier molecular flexibility index (Phi) is 7.26. The molecule has 1 heterocycles. The van der Waals surface area contributed by atoms with E-state index in [-0.39, 0.29) is 0 Å². The summed E-state index contributed by atoms with van der Waals surface area (Å²) < 4.78 is 6.93. The Morgan fingerprint density at radius 2 is 0.810 bits per heavy atom. The first kappa shape index (κ1) is 32.6. The van der Waals surface area contributed by atoms with Crippen LogP contribution in [0, 0.1) is 0 Å². The molecular formula is C56H35NO. The molecule has 0 fully saturated rings. The van der Waals surface area contributed by atoms with E-state index in [9.17, 15) is 0 Å². The second-order valence-corrected chi connectivity index (χ2v) is 15.2. The molecule has 2 heteroatoms. The van der Waals surface area contributed by atoms with Gasteiger partial charge in [0.1, 0.15) is 11.2 Å². The number of hydrogen-bond donors (Lipinski definition) is 0. The molecule has 0 aliphatic heterocycles. The molecule has 58 heavy (non-hydrogen) atoms. The maximum atomic E-state index is 6.93. The molecule has 2 nitrogen and oxygen atoms in total. The zero-order chi connectivity index (χ0) is 38.2. The van der Waals surface area contributed by atoms with Crippen molar-refractivity contribution in [2.45, 2.75) is 0 Å². The van der Waals surface area contributed by atoms with Crippen LogP contribution in [0.15, 0.2) is 217 Å². The van der Waals surface area contributed by atoms with Gasteiger partial charge in [0.05, 0.1) is 0 Å². The molecule has 0 amide bonds. The van der Waals surface area contributed by atoms with Gasteiger partial charge in [0.15, 0.2) is 0 Å². The standard InChI is InChI=1S/C56H35NO/c1-2-13-36(14-3-1)37-25-27-40(28-26-37)57(41-29-31-49-47-22-9-8-20-45(47)46-21-10-11-23-48(46)51(49)34-41)42-30-32-54-52(35-42)53-33-39-16-5-7-19-44(39)55(56(53)58-54)50-24-12-17-38-15-4-6-18-43(38)50/h1-35H. The Morgan fingerprint density at radius 1 is 0.293 bits per heavy atom. The summed E-state index contributed by atoms with van der Waals surface area (Å²) >= 11 is 0. The minimum atomic E-state index is 0.867. The Hall–Kier alpha value is -7.68. The van der Waals surface area contributed by atoms with Crippen LogP contribution in [0.2, 0.25) is 0 Å². The van der Waals surface area contributed by atoms with E-state index in [1.165, 1.54) is 70.6 Å². The van der Waals surface area contributed by atoms with Gasteiger partial charge in [-0.3, -0.25) is 0 Å². The smallest absolute Gasteiger partial charge is 0.143 e. The molecule has 0 saturated carbocycles. The summed E-state index contributed by atoms with van der Waals surface area (Å²) in [6, 6.07) is 76.9. The van der Waals surface area contributed by atoms with Crippen molar-refractivity contribution in [2.24, 2.45) is 0 Å². The topological polar surface area (TPSA) is 16.4 Å². The molecule has 0 atom stereocenters. The summed E-state index contributed by atoms with van der Waals surface area (Å²) in [4.78, 5) is 2.39. The van der Waals surface area contributed by atoms with Crippen LogP contribution in [0.3, 0.4) is 0 Å². The first-order valence-corrected chi connectivity index (χ1v) is 19.9. The zero-order valence-electron chi connectivity index (χ0n) is 31.6. The lowest BCUT2D eigenvalue weighted by atomic mass is 9.92. The van der Waals surface area contributed by atoms with Crippen molar-refractivity contribution in [1.82, 2.24) is 0 Å². The van der Waals surface area contributed by atoms with Crippen molar-refractivity contribution in [3.8, 4) is 22.3 Å². The van der Waals surface area contributed by atoms with Crippen LogP contribution in [0.25, 0.3) is 98.1 Å². The average molecular weight is 738 g/mol. The molecule has 12 rings (SSSR count). The van der Waals surface area contributed by atoms with Crippen molar-refractivity contribution in [3.63, 3.8) is 0 Å². The fourth-order valence-electron chi connectivity index (χ4n) is 9.33. The van der Waals surface area contributed by atoms with E-state index in [4.69, 9.17) is 4.42 Å². The minimum Gasteiger partial charge on any atom is -0.455 e. The highest BCUT2D eigenvalue weighted by Crippen LogP contribution is 2.46. The van der Waals surface area contributed by atoms with Crippen molar-refractivity contribution < 1.29 is 4.42 Å². The first-order chi connectivity index (χ1) is 28.8. The van der Waals surface area contributed by atoms with Gasteiger partial charge in [0, 0.05) is 33.4 Å². The third kappa shape index (κ3) is 5.05. The summed E-state index contributed by atoms with van der Waals surface area (Å²) in [5, 5.41) is 14.5. The highest BCUT2D eigenvalue weighted by molar-refractivity contribution is 6.26. The van der Waals surface area contributed by atoms with Crippen molar-refractivity contribution in [2.75, 3.05) is 4.90 Å². The lowest BCUT2D eigenvalue weighted by Crippen LogP contribution is -2.10. The maximum Gasteiger partial charge on any atom is 0.143 e. The van der Waals surface area contributed by atoms with Crippen LogP contribution < -0.4 is 4.90 Å². The quantitative estimate of drug-likeness (QED) is 0.164. The molecule has 0 radical (unpaired) electrons. The summed E-state index contributed by atoms with van der Waals surface area (Å²) in [6.45, 7) is 0. The van der Waals surface area contributed by atoms with E-state index in [0.29, 0.717) is 0 Å². The Bertz CT molecular complexity index is 3520. The predicted octanol–water partition coefficient (Wildman–Crippen LogP) is 16.2. The molecule has 0 unspecified atom stereocenters. The van der Waals surface area contributed by atoms with E-state index in [2.05, 4.69) is 217 Å². The largest absolute Gasteiger partial charge is 0.455 e. The number of anilines is 3. The van der Waals surface area contributed by atoms with Gasteiger partial charge in [-0.25, -0.2) is 0 Å². The minimum absolute atomic E-state index is 0.867. The second kappa shape index (κ2) is 12.9. The van der Waals surface area contributed by atoms with Crippen LogP contribution >= 0.6 is 0 Å². The maximum absolute atomic E-state index is 6.93. The van der Waals surface area contributed by atoms with Gasteiger partial charge in [0.25, 0.3) is 0 Å². The Balaban J connectivity index is 1.11.